The minimum Gasteiger partial charge on any atom is -0.383 e. The maximum atomic E-state index is 13.4. The van der Waals surface area contributed by atoms with Crippen molar-refractivity contribution in [2.24, 2.45) is 11.1 Å². The van der Waals surface area contributed by atoms with Crippen LogP contribution in [0.2, 0.25) is 5.02 Å². The third-order valence-electron chi connectivity index (χ3n) is 6.08. The Bertz CT molecular complexity index is 1250. The number of hydrogen-bond acceptors (Lipinski definition) is 5. The van der Waals surface area contributed by atoms with Crippen molar-refractivity contribution in [2.75, 3.05) is 0 Å². The van der Waals surface area contributed by atoms with Crippen molar-refractivity contribution in [2.45, 2.75) is 39.5 Å². The van der Waals surface area contributed by atoms with Crippen LogP contribution in [-0.4, -0.2) is 16.7 Å². The summed E-state index contributed by atoms with van der Waals surface area (Å²) in [5, 5.41) is 12.0. The van der Waals surface area contributed by atoms with Crippen molar-refractivity contribution in [3.05, 3.63) is 92.9 Å². The second-order valence-electron chi connectivity index (χ2n) is 9.34. The second-order valence-corrected chi connectivity index (χ2v) is 9.78. The van der Waals surface area contributed by atoms with Crippen LogP contribution >= 0.6 is 11.6 Å². The SMILES string of the molecule is Cc1cccc(C2C(C#N)=C(N)N(NC(=O)c3ccc(Cl)cc3)C3=C2C(=O)CC(C)(C)C3)c1. The molecule has 4 rings (SSSR count). The molecule has 2 aliphatic rings. The zero-order valence-electron chi connectivity index (χ0n) is 18.8. The van der Waals surface area contributed by atoms with E-state index in [9.17, 15) is 14.9 Å². The van der Waals surface area contributed by atoms with E-state index < -0.39 is 11.8 Å². The molecule has 0 bridgehead atoms. The van der Waals surface area contributed by atoms with E-state index in [4.69, 9.17) is 17.3 Å². The van der Waals surface area contributed by atoms with Crippen LogP contribution in [0, 0.1) is 23.7 Å². The number of ketones is 1. The van der Waals surface area contributed by atoms with Gasteiger partial charge in [-0.05, 0) is 48.6 Å². The van der Waals surface area contributed by atoms with Crippen LogP contribution in [0.1, 0.15) is 54.1 Å². The van der Waals surface area contributed by atoms with Gasteiger partial charge in [0, 0.05) is 22.6 Å². The Labute approximate surface area is 198 Å². The standard InChI is InChI=1S/C26H25ClN4O2/c1-15-5-4-6-17(11-15)22-19(14-28)24(29)31(20-12-26(2,3)13-21(32)23(20)22)30-25(33)16-7-9-18(27)10-8-16/h4-11,22H,12-13,29H2,1-3H3,(H,30,33). The first-order valence-electron chi connectivity index (χ1n) is 10.7. The fraction of sp³-hybridized carbons (Fsp3) is 0.269. The Morgan fingerprint density at radius 3 is 2.55 bits per heavy atom. The molecule has 0 spiro atoms. The number of amides is 1. The lowest BCUT2D eigenvalue weighted by molar-refractivity contribution is -0.118. The van der Waals surface area contributed by atoms with Crippen molar-refractivity contribution in [1.82, 2.24) is 10.4 Å². The Morgan fingerprint density at radius 1 is 1.21 bits per heavy atom. The minimum atomic E-state index is -0.572. The summed E-state index contributed by atoms with van der Waals surface area (Å²) in [6, 6.07) is 16.4. The van der Waals surface area contributed by atoms with E-state index in [0.717, 1.165) is 11.1 Å². The van der Waals surface area contributed by atoms with Gasteiger partial charge in [-0.25, -0.2) is 5.01 Å². The van der Waals surface area contributed by atoms with Gasteiger partial charge >= 0.3 is 0 Å². The summed E-state index contributed by atoms with van der Waals surface area (Å²) in [7, 11) is 0. The number of benzene rings is 2. The molecule has 1 heterocycles. The molecule has 1 aliphatic carbocycles. The first-order valence-corrected chi connectivity index (χ1v) is 11.1. The number of nitrogens with one attached hydrogen (secondary N) is 1. The van der Waals surface area contributed by atoms with Gasteiger partial charge in [-0.3, -0.25) is 15.0 Å². The third kappa shape index (κ3) is 4.24. The summed E-state index contributed by atoms with van der Waals surface area (Å²) in [5.74, 6) is -0.907. The van der Waals surface area contributed by atoms with Crippen LogP contribution in [0.3, 0.4) is 0 Å². The lowest BCUT2D eigenvalue weighted by Crippen LogP contribution is -2.49. The number of allylic oxidation sites excluding steroid dienone is 3. The van der Waals surface area contributed by atoms with Crippen molar-refractivity contribution < 1.29 is 9.59 Å². The summed E-state index contributed by atoms with van der Waals surface area (Å²) in [4.78, 5) is 26.4. The van der Waals surface area contributed by atoms with E-state index in [0.29, 0.717) is 34.7 Å². The Balaban J connectivity index is 1.85. The summed E-state index contributed by atoms with van der Waals surface area (Å²) < 4.78 is 0. The summed E-state index contributed by atoms with van der Waals surface area (Å²) in [6.07, 6.45) is 0.877. The Kier molecular flexibility index (Phi) is 5.77. The van der Waals surface area contributed by atoms with Crippen LogP contribution in [0.4, 0.5) is 0 Å². The molecule has 0 radical (unpaired) electrons. The predicted octanol–water partition coefficient (Wildman–Crippen LogP) is 4.73. The molecule has 0 fully saturated rings. The number of carbonyl (C=O) groups excluding carboxylic acids is 2. The number of carbonyl (C=O) groups is 2. The number of halogens is 1. The lowest BCUT2D eigenvalue weighted by Gasteiger charge is -2.43. The van der Waals surface area contributed by atoms with E-state index >= 15 is 0 Å². The largest absolute Gasteiger partial charge is 0.383 e. The predicted molar refractivity (Wildman–Crippen MR) is 127 cm³/mol. The molecule has 0 saturated carbocycles. The molecule has 7 heteroatoms. The van der Waals surface area contributed by atoms with Gasteiger partial charge in [-0.15, -0.1) is 0 Å². The van der Waals surface area contributed by atoms with Gasteiger partial charge in [-0.1, -0.05) is 55.3 Å². The normalized spacial score (nSPS) is 19.8. The van der Waals surface area contributed by atoms with Crippen molar-refractivity contribution >= 4 is 23.3 Å². The summed E-state index contributed by atoms with van der Waals surface area (Å²) in [6.45, 7) is 5.98. The number of nitrogens with zero attached hydrogens (tertiary/aromatic N) is 2. The molecule has 2 aromatic rings. The smallest absolute Gasteiger partial charge is 0.270 e. The molecule has 1 aliphatic heterocycles. The Morgan fingerprint density at radius 2 is 1.91 bits per heavy atom. The molecule has 1 unspecified atom stereocenters. The maximum absolute atomic E-state index is 13.4. The zero-order valence-corrected chi connectivity index (χ0v) is 19.5. The fourth-order valence-electron chi connectivity index (χ4n) is 4.59. The van der Waals surface area contributed by atoms with Gasteiger partial charge in [-0.2, -0.15) is 5.26 Å². The quantitative estimate of drug-likeness (QED) is 0.689. The highest BCUT2D eigenvalue weighted by Crippen LogP contribution is 2.48. The number of nitriles is 1. The molecule has 2 aromatic carbocycles. The number of hydrazine groups is 1. The average Bonchev–Trinajstić information content (AvgIpc) is 2.75. The van der Waals surface area contributed by atoms with Gasteiger partial charge in [0.05, 0.1) is 23.3 Å². The molecule has 0 saturated heterocycles. The van der Waals surface area contributed by atoms with Crippen LogP contribution in [0.5, 0.6) is 0 Å². The van der Waals surface area contributed by atoms with Crippen molar-refractivity contribution in [3.8, 4) is 6.07 Å². The van der Waals surface area contributed by atoms with Crippen LogP contribution in [0.25, 0.3) is 0 Å². The molecule has 1 amide bonds. The van der Waals surface area contributed by atoms with E-state index in [-0.39, 0.29) is 22.6 Å². The fourth-order valence-corrected chi connectivity index (χ4v) is 4.71. The van der Waals surface area contributed by atoms with Crippen molar-refractivity contribution in [1.29, 1.82) is 5.26 Å². The summed E-state index contributed by atoms with van der Waals surface area (Å²) in [5.41, 5.74) is 12.6. The number of hydrogen-bond donors (Lipinski definition) is 2. The zero-order chi connectivity index (χ0) is 23.9. The van der Waals surface area contributed by atoms with E-state index in [2.05, 4.69) is 11.5 Å². The van der Waals surface area contributed by atoms with Crippen LogP contribution in [0.15, 0.2) is 71.2 Å². The molecule has 33 heavy (non-hydrogen) atoms. The van der Waals surface area contributed by atoms with Gasteiger partial charge in [0.15, 0.2) is 5.78 Å². The van der Waals surface area contributed by atoms with Crippen LogP contribution < -0.4 is 11.2 Å². The number of rotatable bonds is 3. The molecule has 3 N–H and O–H groups in total. The van der Waals surface area contributed by atoms with E-state index in [1.807, 2.05) is 45.0 Å². The first-order chi connectivity index (χ1) is 15.6. The minimum absolute atomic E-state index is 0.0428. The molecule has 6 nitrogen and oxygen atoms in total. The van der Waals surface area contributed by atoms with E-state index in [1.54, 1.807) is 24.3 Å². The highest BCUT2D eigenvalue weighted by atomic mass is 35.5. The highest BCUT2D eigenvalue weighted by Gasteiger charge is 2.44. The first kappa shape index (κ1) is 22.6. The molecule has 168 valence electrons. The lowest BCUT2D eigenvalue weighted by atomic mass is 9.69. The topological polar surface area (TPSA) is 99.2 Å². The molecule has 0 aromatic heterocycles. The Hall–Kier alpha value is -3.56. The maximum Gasteiger partial charge on any atom is 0.270 e. The van der Waals surface area contributed by atoms with Crippen molar-refractivity contribution in [3.63, 3.8) is 0 Å². The number of Topliss-reactive ketones (excluding diaryl/α,β-unsaturated/α-hetero) is 1. The average molecular weight is 461 g/mol. The molecular weight excluding hydrogens is 436 g/mol. The van der Waals surface area contributed by atoms with Crippen LogP contribution in [-0.2, 0) is 4.79 Å². The summed E-state index contributed by atoms with van der Waals surface area (Å²) >= 11 is 5.94. The third-order valence-corrected chi connectivity index (χ3v) is 6.33. The number of aryl methyl sites for hydroxylation is 1. The number of nitrogens with two attached hydrogens (primary N) is 1. The molecular formula is C26H25ClN4O2. The molecule has 1 atom stereocenters. The van der Waals surface area contributed by atoms with Gasteiger partial charge in [0.25, 0.3) is 5.91 Å². The monoisotopic (exact) mass is 460 g/mol. The van der Waals surface area contributed by atoms with Gasteiger partial charge < -0.3 is 5.73 Å². The van der Waals surface area contributed by atoms with E-state index in [1.165, 1.54) is 5.01 Å². The second kappa shape index (κ2) is 8.42. The van der Waals surface area contributed by atoms with Gasteiger partial charge in [0.2, 0.25) is 0 Å². The highest BCUT2D eigenvalue weighted by molar-refractivity contribution is 6.30. The van der Waals surface area contributed by atoms with Gasteiger partial charge in [0.1, 0.15) is 5.82 Å².